The number of hydrogen-bond acceptors (Lipinski definition) is 3. The number of amides is 1. The van der Waals surface area contributed by atoms with Gasteiger partial charge in [0.05, 0.1) is 12.5 Å². The fourth-order valence-electron chi connectivity index (χ4n) is 1.76. The second-order valence-electron chi connectivity index (χ2n) is 4.90. The quantitative estimate of drug-likeness (QED) is 0.826. The number of carbonyl (C=O) groups excluding carboxylic acids is 1. The van der Waals surface area contributed by atoms with Crippen molar-refractivity contribution in [1.29, 1.82) is 0 Å². The van der Waals surface area contributed by atoms with Crippen LogP contribution >= 0.6 is 0 Å². The van der Waals surface area contributed by atoms with Crippen molar-refractivity contribution in [2.75, 3.05) is 13.6 Å². The van der Waals surface area contributed by atoms with Crippen molar-refractivity contribution < 1.29 is 19.4 Å². The summed E-state index contributed by atoms with van der Waals surface area (Å²) in [5.41, 5.74) is 0.994. The van der Waals surface area contributed by atoms with E-state index in [4.69, 9.17) is 9.84 Å². The average molecular weight is 279 g/mol. The van der Waals surface area contributed by atoms with E-state index in [1.54, 1.807) is 20.9 Å². The van der Waals surface area contributed by atoms with Gasteiger partial charge < -0.3 is 14.7 Å². The highest BCUT2D eigenvalue weighted by Crippen LogP contribution is 2.07. The van der Waals surface area contributed by atoms with E-state index in [0.717, 1.165) is 5.56 Å². The van der Waals surface area contributed by atoms with Gasteiger partial charge in [-0.15, -0.1) is 0 Å². The first kappa shape index (κ1) is 16.2. The monoisotopic (exact) mass is 279 g/mol. The third-order valence-electron chi connectivity index (χ3n) is 3.04. The maximum absolute atomic E-state index is 12.0. The highest BCUT2D eigenvalue weighted by atomic mass is 16.5. The molecule has 0 aliphatic heterocycles. The molecule has 110 valence electrons. The van der Waals surface area contributed by atoms with Crippen molar-refractivity contribution in [2.45, 2.75) is 26.6 Å². The third kappa shape index (κ3) is 5.01. The lowest BCUT2D eigenvalue weighted by Crippen LogP contribution is -2.40. The lowest BCUT2D eigenvalue weighted by atomic mass is 10.1. The molecule has 0 spiro atoms. The van der Waals surface area contributed by atoms with Crippen molar-refractivity contribution in [1.82, 2.24) is 4.90 Å². The van der Waals surface area contributed by atoms with Gasteiger partial charge in [0.25, 0.3) is 5.91 Å². The first-order valence-electron chi connectivity index (χ1n) is 6.55. The molecular formula is C15H21NO4. The predicted octanol–water partition coefficient (Wildman–Crippen LogP) is 1.77. The number of carbonyl (C=O) groups is 2. The Labute approximate surface area is 119 Å². The summed E-state index contributed by atoms with van der Waals surface area (Å²) >= 11 is 0. The van der Waals surface area contributed by atoms with Crippen LogP contribution in [0, 0.1) is 5.92 Å². The molecule has 0 radical (unpaired) electrons. The number of rotatable bonds is 7. The summed E-state index contributed by atoms with van der Waals surface area (Å²) in [5, 5.41) is 8.83. The number of aliphatic carboxylic acids is 1. The van der Waals surface area contributed by atoms with Gasteiger partial charge in [0.2, 0.25) is 0 Å². The minimum absolute atomic E-state index is 0.174. The Hall–Kier alpha value is -1.88. The molecule has 2 unspecified atom stereocenters. The Morgan fingerprint density at radius 1 is 1.25 bits per heavy atom. The van der Waals surface area contributed by atoms with Crippen LogP contribution in [0.5, 0.6) is 0 Å². The largest absolute Gasteiger partial charge is 0.481 e. The second kappa shape index (κ2) is 7.65. The molecule has 0 aromatic heterocycles. The van der Waals surface area contributed by atoms with Gasteiger partial charge in [-0.3, -0.25) is 9.59 Å². The molecule has 0 saturated carbocycles. The van der Waals surface area contributed by atoms with Crippen LogP contribution in [0.4, 0.5) is 0 Å². The van der Waals surface area contributed by atoms with E-state index >= 15 is 0 Å². The fraction of sp³-hybridized carbons (Fsp3) is 0.467. The Morgan fingerprint density at radius 2 is 1.85 bits per heavy atom. The van der Waals surface area contributed by atoms with Crippen LogP contribution < -0.4 is 0 Å². The minimum Gasteiger partial charge on any atom is -0.481 e. The Kier molecular flexibility index (Phi) is 6.18. The van der Waals surface area contributed by atoms with E-state index in [1.165, 1.54) is 4.90 Å². The van der Waals surface area contributed by atoms with Gasteiger partial charge in [-0.1, -0.05) is 37.3 Å². The summed E-state index contributed by atoms with van der Waals surface area (Å²) in [6.07, 6.45) is -0.596. The van der Waals surface area contributed by atoms with Crippen LogP contribution in [0.1, 0.15) is 19.4 Å². The lowest BCUT2D eigenvalue weighted by molar-refractivity contribution is -0.146. The first-order valence-corrected chi connectivity index (χ1v) is 6.55. The number of benzene rings is 1. The summed E-state index contributed by atoms with van der Waals surface area (Å²) in [7, 11) is 1.59. The van der Waals surface area contributed by atoms with Crippen LogP contribution in [0.15, 0.2) is 30.3 Å². The van der Waals surface area contributed by atoms with E-state index in [-0.39, 0.29) is 12.5 Å². The molecule has 5 nitrogen and oxygen atoms in total. The molecule has 0 bridgehead atoms. The number of carboxylic acid groups (broad SMARTS) is 1. The van der Waals surface area contributed by atoms with Gasteiger partial charge in [0.1, 0.15) is 6.10 Å². The van der Waals surface area contributed by atoms with Crippen LogP contribution in [0.2, 0.25) is 0 Å². The molecule has 0 aliphatic rings. The summed E-state index contributed by atoms with van der Waals surface area (Å²) in [4.78, 5) is 24.2. The third-order valence-corrected chi connectivity index (χ3v) is 3.04. The van der Waals surface area contributed by atoms with Gasteiger partial charge >= 0.3 is 5.97 Å². The highest BCUT2D eigenvalue weighted by Gasteiger charge is 2.22. The predicted molar refractivity (Wildman–Crippen MR) is 75.1 cm³/mol. The molecule has 5 heteroatoms. The molecule has 0 saturated heterocycles. The second-order valence-corrected chi connectivity index (χ2v) is 4.90. The van der Waals surface area contributed by atoms with Gasteiger partial charge in [0.15, 0.2) is 0 Å². The number of ether oxygens (including phenoxy) is 1. The van der Waals surface area contributed by atoms with Crippen LogP contribution in [0.3, 0.4) is 0 Å². The van der Waals surface area contributed by atoms with E-state index in [9.17, 15) is 9.59 Å². The molecule has 1 N–H and O–H groups in total. The van der Waals surface area contributed by atoms with Gasteiger partial charge in [-0.25, -0.2) is 0 Å². The zero-order chi connectivity index (χ0) is 15.1. The van der Waals surface area contributed by atoms with E-state index < -0.39 is 18.0 Å². The summed E-state index contributed by atoms with van der Waals surface area (Å²) in [6, 6.07) is 9.58. The van der Waals surface area contributed by atoms with Gasteiger partial charge in [-0.05, 0) is 12.5 Å². The summed E-state index contributed by atoms with van der Waals surface area (Å²) in [5.74, 6) is -1.72. The molecule has 1 amide bonds. The molecule has 0 aliphatic carbocycles. The van der Waals surface area contributed by atoms with Gasteiger partial charge in [-0.2, -0.15) is 0 Å². The lowest BCUT2D eigenvalue weighted by Gasteiger charge is -2.23. The van der Waals surface area contributed by atoms with E-state index in [2.05, 4.69) is 0 Å². The van der Waals surface area contributed by atoms with E-state index in [1.807, 2.05) is 30.3 Å². The molecule has 0 fully saturated rings. The molecule has 1 aromatic carbocycles. The number of nitrogens with zero attached hydrogens (tertiary/aromatic N) is 1. The summed E-state index contributed by atoms with van der Waals surface area (Å²) < 4.78 is 5.51. The maximum atomic E-state index is 12.0. The average Bonchev–Trinajstić information content (AvgIpc) is 2.44. The molecular weight excluding hydrogens is 258 g/mol. The van der Waals surface area contributed by atoms with Crippen molar-refractivity contribution in [2.24, 2.45) is 5.92 Å². The zero-order valence-electron chi connectivity index (χ0n) is 12.1. The molecule has 0 heterocycles. The molecule has 1 rings (SSSR count). The maximum Gasteiger partial charge on any atom is 0.308 e. The minimum atomic E-state index is -0.914. The van der Waals surface area contributed by atoms with Crippen molar-refractivity contribution in [3.8, 4) is 0 Å². The molecule has 1 aromatic rings. The van der Waals surface area contributed by atoms with E-state index in [0.29, 0.717) is 6.61 Å². The van der Waals surface area contributed by atoms with Gasteiger partial charge in [0, 0.05) is 13.6 Å². The van der Waals surface area contributed by atoms with Crippen LogP contribution in [-0.4, -0.2) is 41.6 Å². The Balaban J connectivity index is 2.44. The zero-order valence-corrected chi connectivity index (χ0v) is 12.1. The fourth-order valence-corrected chi connectivity index (χ4v) is 1.76. The molecule has 20 heavy (non-hydrogen) atoms. The Bertz CT molecular complexity index is 446. The van der Waals surface area contributed by atoms with Crippen molar-refractivity contribution in [3.05, 3.63) is 35.9 Å². The Morgan fingerprint density at radius 3 is 2.40 bits per heavy atom. The normalized spacial score (nSPS) is 13.6. The van der Waals surface area contributed by atoms with Crippen LogP contribution in [-0.2, 0) is 20.9 Å². The number of carboxylic acids is 1. The highest BCUT2D eigenvalue weighted by molar-refractivity contribution is 5.81. The topological polar surface area (TPSA) is 66.8 Å². The molecule has 2 atom stereocenters. The number of hydrogen-bond donors (Lipinski definition) is 1. The van der Waals surface area contributed by atoms with Crippen molar-refractivity contribution >= 4 is 11.9 Å². The smallest absolute Gasteiger partial charge is 0.308 e. The first-order chi connectivity index (χ1) is 9.41. The summed E-state index contributed by atoms with van der Waals surface area (Å²) in [6.45, 7) is 3.78. The number of likely N-dealkylation sites (N-methyl/N-ethyl adjacent to an activating group) is 1. The van der Waals surface area contributed by atoms with Crippen molar-refractivity contribution in [3.63, 3.8) is 0 Å². The SMILES string of the molecule is CC(CN(C)C(=O)C(C)OCc1ccccc1)C(=O)O. The standard InChI is InChI=1S/C15H21NO4/c1-11(15(18)19)9-16(3)14(17)12(2)20-10-13-7-5-4-6-8-13/h4-8,11-12H,9-10H2,1-3H3,(H,18,19). The van der Waals surface area contributed by atoms with Crippen LogP contribution in [0.25, 0.3) is 0 Å².